The van der Waals surface area contributed by atoms with Crippen LogP contribution in [-0.4, -0.2) is 51.8 Å². The molecule has 7 nitrogen and oxygen atoms in total. The standard InChI is InChI=1S/C11H19N5O2S2/c1-11(2,3)13-7(17)5-16(4)8(18)6-19-10-15-14-9(12)20-10/h5-6H2,1-4H3,(H2,12,14)(H,13,17). The highest BCUT2D eigenvalue weighted by Crippen LogP contribution is 2.23. The number of anilines is 1. The van der Waals surface area contributed by atoms with E-state index in [1.54, 1.807) is 7.05 Å². The van der Waals surface area contributed by atoms with Crippen molar-refractivity contribution in [2.45, 2.75) is 30.6 Å². The predicted octanol–water partition coefficient (Wildman–Crippen LogP) is 0.586. The number of nitrogens with zero attached hydrogens (tertiary/aromatic N) is 3. The zero-order chi connectivity index (χ0) is 15.3. The highest BCUT2D eigenvalue weighted by atomic mass is 32.2. The van der Waals surface area contributed by atoms with Crippen molar-refractivity contribution in [1.29, 1.82) is 0 Å². The highest BCUT2D eigenvalue weighted by molar-refractivity contribution is 8.01. The Morgan fingerprint density at radius 1 is 1.40 bits per heavy atom. The van der Waals surface area contributed by atoms with Gasteiger partial charge in [-0.05, 0) is 20.8 Å². The van der Waals surface area contributed by atoms with Gasteiger partial charge < -0.3 is 16.0 Å². The molecule has 1 heterocycles. The molecule has 0 aromatic carbocycles. The average molecular weight is 317 g/mol. The molecular formula is C11H19N5O2S2. The molecule has 0 fully saturated rings. The molecule has 0 atom stereocenters. The molecule has 0 saturated carbocycles. The molecule has 2 amide bonds. The Kier molecular flexibility index (Phi) is 5.75. The lowest BCUT2D eigenvalue weighted by Gasteiger charge is -2.23. The van der Waals surface area contributed by atoms with Gasteiger partial charge in [0.05, 0.1) is 12.3 Å². The second-order valence-corrected chi connectivity index (χ2v) is 7.47. The summed E-state index contributed by atoms with van der Waals surface area (Å²) in [6.45, 7) is 5.71. The van der Waals surface area contributed by atoms with Crippen molar-refractivity contribution in [2.24, 2.45) is 0 Å². The summed E-state index contributed by atoms with van der Waals surface area (Å²) < 4.78 is 0.642. The number of aromatic nitrogens is 2. The van der Waals surface area contributed by atoms with Crippen LogP contribution in [0.3, 0.4) is 0 Å². The third-order valence-electron chi connectivity index (χ3n) is 2.06. The smallest absolute Gasteiger partial charge is 0.240 e. The molecule has 1 rings (SSSR count). The maximum atomic E-state index is 11.9. The minimum atomic E-state index is -0.306. The number of nitrogens with one attached hydrogen (secondary N) is 1. The molecule has 9 heteroatoms. The van der Waals surface area contributed by atoms with Crippen molar-refractivity contribution in [2.75, 3.05) is 25.1 Å². The second-order valence-electron chi connectivity index (χ2n) is 5.24. The molecule has 0 bridgehead atoms. The quantitative estimate of drug-likeness (QED) is 0.771. The first-order valence-corrected chi connectivity index (χ1v) is 7.74. The molecule has 0 radical (unpaired) electrons. The topological polar surface area (TPSA) is 101 Å². The number of nitrogens with two attached hydrogens (primary N) is 1. The van der Waals surface area contributed by atoms with Crippen LogP contribution in [0.15, 0.2) is 4.34 Å². The number of likely N-dealkylation sites (N-methyl/N-ethyl adjacent to an activating group) is 1. The van der Waals surface area contributed by atoms with Crippen molar-refractivity contribution in [3.05, 3.63) is 0 Å². The van der Waals surface area contributed by atoms with Gasteiger partial charge in [0.15, 0.2) is 4.34 Å². The molecule has 0 saturated heterocycles. The fourth-order valence-electron chi connectivity index (χ4n) is 1.27. The van der Waals surface area contributed by atoms with E-state index in [4.69, 9.17) is 5.73 Å². The van der Waals surface area contributed by atoms with Gasteiger partial charge in [-0.15, -0.1) is 10.2 Å². The first kappa shape index (κ1) is 16.7. The number of carbonyl (C=O) groups excluding carboxylic acids is 2. The minimum Gasteiger partial charge on any atom is -0.374 e. The lowest BCUT2D eigenvalue weighted by molar-refractivity contribution is -0.133. The van der Waals surface area contributed by atoms with E-state index >= 15 is 0 Å². The van der Waals surface area contributed by atoms with Crippen molar-refractivity contribution >= 4 is 40.0 Å². The second kappa shape index (κ2) is 6.89. The van der Waals surface area contributed by atoms with Crippen LogP contribution >= 0.6 is 23.1 Å². The summed E-state index contributed by atoms with van der Waals surface area (Å²) in [6.07, 6.45) is 0. The van der Waals surface area contributed by atoms with Gasteiger partial charge in [0.25, 0.3) is 0 Å². The molecule has 112 valence electrons. The molecule has 1 aromatic heterocycles. The van der Waals surface area contributed by atoms with Gasteiger partial charge in [0.1, 0.15) is 0 Å². The molecule has 0 aliphatic carbocycles. The number of hydrogen-bond donors (Lipinski definition) is 2. The Morgan fingerprint density at radius 3 is 2.55 bits per heavy atom. The van der Waals surface area contributed by atoms with E-state index in [-0.39, 0.29) is 29.7 Å². The lowest BCUT2D eigenvalue weighted by atomic mass is 10.1. The van der Waals surface area contributed by atoms with Crippen LogP contribution in [-0.2, 0) is 9.59 Å². The first-order chi connectivity index (χ1) is 9.17. The van der Waals surface area contributed by atoms with E-state index < -0.39 is 0 Å². The van der Waals surface area contributed by atoms with Gasteiger partial charge in [0.2, 0.25) is 16.9 Å². The monoisotopic (exact) mass is 317 g/mol. The third kappa shape index (κ3) is 6.20. The molecule has 3 N–H and O–H groups in total. The number of thioether (sulfide) groups is 1. The van der Waals surface area contributed by atoms with E-state index in [0.717, 1.165) is 0 Å². The molecule has 1 aromatic rings. The predicted molar refractivity (Wildman–Crippen MR) is 80.6 cm³/mol. The molecular weight excluding hydrogens is 298 g/mol. The summed E-state index contributed by atoms with van der Waals surface area (Å²) in [5.41, 5.74) is 5.15. The van der Waals surface area contributed by atoms with Crippen LogP contribution in [0.5, 0.6) is 0 Å². The van der Waals surface area contributed by atoms with Crippen LogP contribution in [0.25, 0.3) is 0 Å². The van der Waals surface area contributed by atoms with Crippen LogP contribution in [0.2, 0.25) is 0 Å². The Hall–Kier alpha value is -1.35. The largest absolute Gasteiger partial charge is 0.374 e. The summed E-state index contributed by atoms with van der Waals surface area (Å²) in [4.78, 5) is 25.0. The van der Waals surface area contributed by atoms with E-state index in [2.05, 4.69) is 15.5 Å². The van der Waals surface area contributed by atoms with E-state index in [1.165, 1.54) is 28.0 Å². The number of nitrogen functional groups attached to an aromatic ring is 1. The summed E-state index contributed by atoms with van der Waals surface area (Å²) in [5, 5.41) is 10.7. The summed E-state index contributed by atoms with van der Waals surface area (Å²) in [5.74, 6) is -0.125. The van der Waals surface area contributed by atoms with Gasteiger partial charge in [-0.1, -0.05) is 23.1 Å². The fourth-order valence-corrected chi connectivity index (χ4v) is 2.85. The summed E-state index contributed by atoms with van der Waals surface area (Å²) in [6, 6.07) is 0. The van der Waals surface area contributed by atoms with Gasteiger partial charge in [-0.3, -0.25) is 9.59 Å². The van der Waals surface area contributed by atoms with Gasteiger partial charge in [0, 0.05) is 12.6 Å². The van der Waals surface area contributed by atoms with Gasteiger partial charge >= 0.3 is 0 Å². The molecule has 0 aliphatic rings. The third-order valence-corrected chi connectivity index (χ3v) is 3.93. The number of rotatable bonds is 5. The number of hydrogen-bond acceptors (Lipinski definition) is 7. The Bertz CT molecular complexity index is 483. The first-order valence-electron chi connectivity index (χ1n) is 5.94. The summed E-state index contributed by atoms with van der Waals surface area (Å²) >= 11 is 2.49. The van der Waals surface area contributed by atoms with Crippen molar-refractivity contribution < 1.29 is 9.59 Å². The van der Waals surface area contributed by atoms with E-state index in [1.807, 2.05) is 20.8 Å². The number of amides is 2. The fraction of sp³-hybridized carbons (Fsp3) is 0.636. The van der Waals surface area contributed by atoms with Crippen LogP contribution in [0.1, 0.15) is 20.8 Å². The molecule has 0 unspecified atom stereocenters. The lowest BCUT2D eigenvalue weighted by Crippen LogP contribution is -2.46. The van der Waals surface area contributed by atoms with Gasteiger partial charge in [-0.2, -0.15) is 0 Å². The normalized spacial score (nSPS) is 11.2. The van der Waals surface area contributed by atoms with Crippen molar-refractivity contribution in [3.8, 4) is 0 Å². The Morgan fingerprint density at radius 2 is 2.05 bits per heavy atom. The minimum absolute atomic E-state index is 0.0366. The van der Waals surface area contributed by atoms with E-state index in [9.17, 15) is 9.59 Å². The molecule has 20 heavy (non-hydrogen) atoms. The highest BCUT2D eigenvalue weighted by Gasteiger charge is 2.18. The maximum absolute atomic E-state index is 11.9. The van der Waals surface area contributed by atoms with E-state index in [0.29, 0.717) is 9.47 Å². The van der Waals surface area contributed by atoms with Gasteiger partial charge in [-0.25, -0.2) is 0 Å². The van der Waals surface area contributed by atoms with Crippen molar-refractivity contribution in [1.82, 2.24) is 20.4 Å². The zero-order valence-corrected chi connectivity index (χ0v) is 13.6. The Balaban J connectivity index is 2.37. The SMILES string of the molecule is CN(CC(=O)NC(C)(C)C)C(=O)CSc1nnc(N)s1. The average Bonchev–Trinajstić information content (AvgIpc) is 2.69. The zero-order valence-electron chi connectivity index (χ0n) is 12.0. The van der Waals surface area contributed by atoms with Crippen LogP contribution in [0.4, 0.5) is 5.13 Å². The van der Waals surface area contributed by atoms with Crippen LogP contribution < -0.4 is 11.1 Å². The van der Waals surface area contributed by atoms with Crippen LogP contribution in [0, 0.1) is 0 Å². The molecule has 0 aliphatic heterocycles. The van der Waals surface area contributed by atoms with Crippen molar-refractivity contribution in [3.63, 3.8) is 0 Å². The maximum Gasteiger partial charge on any atom is 0.240 e. The molecule has 0 spiro atoms. The Labute approximate surface area is 126 Å². The summed E-state index contributed by atoms with van der Waals surface area (Å²) in [7, 11) is 1.60. The number of carbonyl (C=O) groups is 2.